The molecule has 0 radical (unpaired) electrons. The molecule has 0 unspecified atom stereocenters. The first-order chi connectivity index (χ1) is 10.6. The van der Waals surface area contributed by atoms with E-state index < -0.39 is 0 Å². The Labute approximate surface area is 136 Å². The lowest BCUT2D eigenvalue weighted by Gasteiger charge is -2.60. The normalized spacial score (nSPS) is 54.4. The summed E-state index contributed by atoms with van der Waals surface area (Å²) in [5, 5.41) is 9.24. The van der Waals surface area contributed by atoms with Gasteiger partial charge in [0.15, 0.2) is 0 Å². The zero-order valence-electron chi connectivity index (χ0n) is 14.5. The Morgan fingerprint density at radius 3 is 2.50 bits per heavy atom. The molecule has 1 N–H and O–H groups in total. The molecule has 0 bridgehead atoms. The lowest BCUT2D eigenvalue weighted by Crippen LogP contribution is -2.53. The molecule has 2 nitrogen and oxygen atoms in total. The second-order valence-electron chi connectivity index (χ2n) is 9.31. The molecule has 2 heteroatoms. The number of aliphatic hydroxyl groups excluding tert-OH is 1. The molecule has 4 rings (SSSR count). The molecule has 7 atom stereocenters. The SMILES string of the molecule is C[C@]12CCCC[C@@H]1CC[C@@H]1[C@@H]2CC[C@]2(C)[C@@H](OCO)CC[C@@H]12. The van der Waals surface area contributed by atoms with E-state index in [0.29, 0.717) is 16.9 Å². The fourth-order valence-corrected chi connectivity index (χ4v) is 7.61. The molecule has 0 spiro atoms. The number of rotatable bonds is 2. The maximum absolute atomic E-state index is 9.24. The van der Waals surface area contributed by atoms with Gasteiger partial charge in [0.25, 0.3) is 0 Å². The molecule has 0 aromatic carbocycles. The standard InChI is InChI=1S/C20H34O2/c1-19-11-4-3-5-14(19)6-7-15-16-8-9-18(22-13-21)20(16,2)12-10-17(15)19/h14-18,21H,3-13H2,1-2H3/t14-,15+,16+,17+,18+,19+,20+/m1/s1. The van der Waals surface area contributed by atoms with E-state index in [4.69, 9.17) is 4.74 Å². The highest BCUT2D eigenvalue weighted by molar-refractivity contribution is 5.09. The van der Waals surface area contributed by atoms with Gasteiger partial charge in [0.1, 0.15) is 6.79 Å². The minimum absolute atomic E-state index is 0.0964. The summed E-state index contributed by atoms with van der Waals surface area (Å²) in [5.74, 6) is 3.77. The van der Waals surface area contributed by atoms with Gasteiger partial charge in [-0.2, -0.15) is 0 Å². The fourth-order valence-electron chi connectivity index (χ4n) is 7.61. The van der Waals surface area contributed by atoms with Crippen molar-refractivity contribution in [3.8, 4) is 0 Å². The molecule has 0 aliphatic heterocycles. The Bertz CT molecular complexity index is 422. The van der Waals surface area contributed by atoms with Crippen LogP contribution in [-0.4, -0.2) is 18.0 Å². The Balaban J connectivity index is 1.59. The van der Waals surface area contributed by atoms with Crippen molar-refractivity contribution in [1.29, 1.82) is 0 Å². The fraction of sp³-hybridized carbons (Fsp3) is 1.00. The minimum Gasteiger partial charge on any atom is -0.371 e. The summed E-state index contributed by atoms with van der Waals surface area (Å²) in [6.07, 6.45) is 14.4. The van der Waals surface area contributed by atoms with Crippen LogP contribution in [0.2, 0.25) is 0 Å². The van der Waals surface area contributed by atoms with Crippen molar-refractivity contribution in [2.24, 2.45) is 34.5 Å². The van der Waals surface area contributed by atoms with Gasteiger partial charge in [-0.1, -0.05) is 26.7 Å². The average molecular weight is 306 g/mol. The predicted octanol–water partition coefficient (Wildman–Crippen LogP) is 4.75. The van der Waals surface area contributed by atoms with Gasteiger partial charge in [0.05, 0.1) is 6.10 Å². The molecular formula is C20H34O2. The van der Waals surface area contributed by atoms with Gasteiger partial charge in [-0.3, -0.25) is 0 Å². The van der Waals surface area contributed by atoms with E-state index in [1.165, 1.54) is 64.2 Å². The van der Waals surface area contributed by atoms with Crippen LogP contribution in [0.3, 0.4) is 0 Å². The van der Waals surface area contributed by atoms with Gasteiger partial charge in [-0.05, 0) is 85.9 Å². The van der Waals surface area contributed by atoms with Gasteiger partial charge in [0, 0.05) is 0 Å². The summed E-state index contributed by atoms with van der Waals surface area (Å²) in [6.45, 7) is 5.02. The Morgan fingerprint density at radius 2 is 1.68 bits per heavy atom. The second kappa shape index (κ2) is 5.48. The molecule has 0 heterocycles. The molecule has 0 amide bonds. The third-order valence-electron chi connectivity index (χ3n) is 8.77. The lowest BCUT2D eigenvalue weighted by molar-refractivity contribution is -0.147. The van der Waals surface area contributed by atoms with Gasteiger partial charge >= 0.3 is 0 Å². The second-order valence-corrected chi connectivity index (χ2v) is 9.31. The lowest BCUT2D eigenvalue weighted by atomic mass is 9.45. The van der Waals surface area contributed by atoms with Crippen LogP contribution in [0.4, 0.5) is 0 Å². The van der Waals surface area contributed by atoms with Crippen LogP contribution in [0.5, 0.6) is 0 Å². The molecule has 22 heavy (non-hydrogen) atoms. The molecule has 4 fully saturated rings. The van der Waals surface area contributed by atoms with Crippen molar-refractivity contribution in [1.82, 2.24) is 0 Å². The maximum atomic E-state index is 9.24. The van der Waals surface area contributed by atoms with Crippen LogP contribution < -0.4 is 0 Å². The van der Waals surface area contributed by atoms with E-state index in [2.05, 4.69) is 13.8 Å². The average Bonchev–Trinajstić information content (AvgIpc) is 2.84. The van der Waals surface area contributed by atoms with Crippen molar-refractivity contribution in [2.45, 2.75) is 84.2 Å². The summed E-state index contributed by atoms with van der Waals surface area (Å²) >= 11 is 0. The van der Waals surface area contributed by atoms with Crippen LogP contribution >= 0.6 is 0 Å². The molecule has 0 aromatic heterocycles. The summed E-state index contributed by atoms with van der Waals surface area (Å²) in [7, 11) is 0. The Kier molecular flexibility index (Phi) is 3.85. The van der Waals surface area contributed by atoms with E-state index >= 15 is 0 Å². The van der Waals surface area contributed by atoms with Crippen molar-refractivity contribution in [3.05, 3.63) is 0 Å². The number of ether oxygens (including phenoxy) is 1. The minimum atomic E-state index is -0.0964. The Hall–Kier alpha value is -0.0800. The summed E-state index contributed by atoms with van der Waals surface area (Å²) < 4.78 is 5.74. The number of hydrogen-bond donors (Lipinski definition) is 1. The summed E-state index contributed by atoms with van der Waals surface area (Å²) in [4.78, 5) is 0. The smallest absolute Gasteiger partial charge is 0.143 e. The van der Waals surface area contributed by atoms with Crippen molar-refractivity contribution >= 4 is 0 Å². The van der Waals surface area contributed by atoms with Crippen molar-refractivity contribution in [3.63, 3.8) is 0 Å². The highest BCUT2D eigenvalue weighted by Gasteiger charge is 2.59. The van der Waals surface area contributed by atoms with E-state index in [0.717, 1.165) is 23.7 Å². The van der Waals surface area contributed by atoms with Gasteiger partial charge in [0.2, 0.25) is 0 Å². The monoisotopic (exact) mass is 306 g/mol. The number of fused-ring (bicyclic) bond motifs is 5. The first-order valence-electron chi connectivity index (χ1n) is 9.82. The van der Waals surface area contributed by atoms with Crippen molar-refractivity contribution < 1.29 is 9.84 Å². The van der Waals surface area contributed by atoms with Gasteiger partial charge in [-0.15, -0.1) is 0 Å². The van der Waals surface area contributed by atoms with E-state index in [1.54, 1.807) is 0 Å². The largest absolute Gasteiger partial charge is 0.371 e. The predicted molar refractivity (Wildman–Crippen MR) is 88.3 cm³/mol. The highest BCUT2D eigenvalue weighted by atomic mass is 16.6. The van der Waals surface area contributed by atoms with Crippen LogP contribution in [0.25, 0.3) is 0 Å². The van der Waals surface area contributed by atoms with Crippen LogP contribution in [-0.2, 0) is 4.74 Å². The van der Waals surface area contributed by atoms with Crippen LogP contribution in [0, 0.1) is 34.5 Å². The van der Waals surface area contributed by atoms with Crippen molar-refractivity contribution in [2.75, 3.05) is 6.79 Å². The van der Waals surface area contributed by atoms with E-state index in [-0.39, 0.29) is 6.79 Å². The van der Waals surface area contributed by atoms with Crippen LogP contribution in [0.1, 0.15) is 78.1 Å². The zero-order valence-corrected chi connectivity index (χ0v) is 14.5. The van der Waals surface area contributed by atoms with Gasteiger partial charge < -0.3 is 9.84 Å². The zero-order chi connectivity index (χ0) is 15.4. The molecular weight excluding hydrogens is 272 g/mol. The van der Waals surface area contributed by atoms with Gasteiger partial charge in [-0.25, -0.2) is 0 Å². The number of aliphatic hydroxyl groups is 1. The molecule has 4 aliphatic carbocycles. The summed E-state index contributed by atoms with van der Waals surface area (Å²) in [5.41, 5.74) is 0.972. The van der Waals surface area contributed by atoms with E-state index in [1.807, 2.05) is 0 Å². The number of hydrogen-bond acceptors (Lipinski definition) is 2. The third kappa shape index (κ3) is 2.05. The molecule has 4 aliphatic rings. The topological polar surface area (TPSA) is 29.5 Å². The van der Waals surface area contributed by atoms with Crippen LogP contribution in [0.15, 0.2) is 0 Å². The molecule has 0 aromatic rings. The molecule has 4 saturated carbocycles. The first-order valence-corrected chi connectivity index (χ1v) is 9.82. The highest BCUT2D eigenvalue weighted by Crippen LogP contribution is 2.66. The van der Waals surface area contributed by atoms with E-state index in [9.17, 15) is 5.11 Å². The quantitative estimate of drug-likeness (QED) is 0.746. The first kappa shape index (κ1) is 15.4. The summed E-state index contributed by atoms with van der Waals surface area (Å²) in [6, 6.07) is 0. The Morgan fingerprint density at radius 1 is 0.864 bits per heavy atom. The molecule has 0 saturated heterocycles. The maximum Gasteiger partial charge on any atom is 0.143 e. The third-order valence-corrected chi connectivity index (χ3v) is 8.77. The molecule has 126 valence electrons.